The Morgan fingerprint density at radius 3 is 2.91 bits per heavy atom. The van der Waals surface area contributed by atoms with E-state index >= 15 is 0 Å². The van der Waals surface area contributed by atoms with E-state index in [0.29, 0.717) is 16.5 Å². The molecule has 0 radical (unpaired) electrons. The van der Waals surface area contributed by atoms with E-state index in [1.54, 1.807) is 12.3 Å². The molecule has 1 aromatic heterocycles. The topological polar surface area (TPSA) is 22.1 Å². The van der Waals surface area contributed by atoms with E-state index in [4.69, 9.17) is 22.8 Å². The Hall–Kier alpha value is -1.20. The summed E-state index contributed by atoms with van der Waals surface area (Å²) in [5, 5.41) is 0.298. The van der Waals surface area contributed by atoms with Crippen LogP contribution in [0.3, 0.4) is 0 Å². The minimum absolute atomic E-state index is 0.298. The van der Waals surface area contributed by atoms with Crippen LogP contribution in [-0.2, 0) is 0 Å². The molecule has 1 aromatic rings. The summed E-state index contributed by atoms with van der Waals surface area (Å²) in [7, 11) is 1.53. The number of halogens is 1. The molecule has 0 bridgehead atoms. The van der Waals surface area contributed by atoms with E-state index in [-0.39, 0.29) is 0 Å². The molecule has 0 atom stereocenters. The lowest BCUT2D eigenvalue weighted by Crippen LogP contribution is -1.89. The molecule has 0 aliphatic heterocycles. The van der Waals surface area contributed by atoms with Crippen molar-refractivity contribution in [2.24, 2.45) is 0 Å². The van der Waals surface area contributed by atoms with Gasteiger partial charge in [0.2, 0.25) is 0 Å². The summed E-state index contributed by atoms with van der Waals surface area (Å²) >= 11 is 5.67. The van der Waals surface area contributed by atoms with Gasteiger partial charge in [0.15, 0.2) is 0 Å². The van der Waals surface area contributed by atoms with Crippen LogP contribution in [0.25, 0.3) is 0 Å². The van der Waals surface area contributed by atoms with Gasteiger partial charge in [0.25, 0.3) is 0 Å². The second-order valence-corrected chi connectivity index (χ2v) is 2.18. The summed E-state index contributed by atoms with van der Waals surface area (Å²) in [6.07, 6.45) is 6.72. The van der Waals surface area contributed by atoms with Gasteiger partial charge in [0.1, 0.15) is 16.5 Å². The second kappa shape index (κ2) is 3.27. The number of nitrogens with zero attached hydrogens (tertiary/aromatic N) is 1. The van der Waals surface area contributed by atoms with Gasteiger partial charge in [-0.25, -0.2) is 4.98 Å². The van der Waals surface area contributed by atoms with Crippen LogP contribution in [0.15, 0.2) is 12.3 Å². The van der Waals surface area contributed by atoms with E-state index in [0.717, 1.165) is 0 Å². The molecule has 0 aliphatic carbocycles. The molecule has 0 saturated heterocycles. The predicted molar refractivity (Wildman–Crippen MR) is 43.7 cm³/mol. The Bertz CT molecular complexity index is 303. The molecule has 0 aliphatic rings. The van der Waals surface area contributed by atoms with Crippen molar-refractivity contribution in [3.8, 4) is 18.1 Å². The number of methoxy groups -OCH3 is 1. The van der Waals surface area contributed by atoms with Crippen LogP contribution in [0.5, 0.6) is 5.75 Å². The molecule has 0 unspecified atom stereocenters. The zero-order valence-corrected chi connectivity index (χ0v) is 6.72. The van der Waals surface area contributed by atoms with Gasteiger partial charge in [0.05, 0.1) is 7.11 Å². The normalized spacial score (nSPS) is 8.82. The molecule has 0 fully saturated rings. The fourth-order valence-electron chi connectivity index (χ4n) is 0.721. The minimum atomic E-state index is 0.298. The van der Waals surface area contributed by atoms with E-state index in [9.17, 15) is 0 Å². The number of hydrogen-bond acceptors (Lipinski definition) is 2. The van der Waals surface area contributed by atoms with Gasteiger partial charge in [-0.1, -0.05) is 17.5 Å². The molecule has 56 valence electrons. The van der Waals surface area contributed by atoms with Crippen LogP contribution < -0.4 is 4.74 Å². The molecule has 0 saturated carbocycles. The standard InChI is InChI=1S/C8H6ClNO/c1-3-6-7(11-2)4-5-10-8(6)9/h1,4-5H,2H3. The Morgan fingerprint density at radius 1 is 1.73 bits per heavy atom. The molecule has 0 spiro atoms. The average molecular weight is 168 g/mol. The van der Waals surface area contributed by atoms with Crippen LogP contribution in [0.2, 0.25) is 5.15 Å². The van der Waals surface area contributed by atoms with Crippen molar-refractivity contribution in [2.75, 3.05) is 7.11 Å². The molecule has 1 rings (SSSR count). The maximum absolute atomic E-state index is 5.67. The quantitative estimate of drug-likeness (QED) is 0.470. The SMILES string of the molecule is C#Cc1c(OC)ccnc1Cl. The number of terminal acetylenes is 1. The van der Waals surface area contributed by atoms with Gasteiger partial charge in [-0.05, 0) is 6.07 Å². The van der Waals surface area contributed by atoms with Crippen molar-refractivity contribution in [3.63, 3.8) is 0 Å². The summed E-state index contributed by atoms with van der Waals surface area (Å²) in [6, 6.07) is 1.67. The summed E-state index contributed by atoms with van der Waals surface area (Å²) in [6.45, 7) is 0. The third-order valence-corrected chi connectivity index (χ3v) is 1.52. The molecule has 2 nitrogen and oxygen atoms in total. The van der Waals surface area contributed by atoms with Crippen molar-refractivity contribution in [3.05, 3.63) is 23.0 Å². The molecular formula is C8H6ClNO. The van der Waals surface area contributed by atoms with Gasteiger partial charge in [-0.2, -0.15) is 0 Å². The minimum Gasteiger partial charge on any atom is -0.495 e. The number of hydrogen-bond donors (Lipinski definition) is 0. The zero-order valence-electron chi connectivity index (χ0n) is 5.97. The van der Waals surface area contributed by atoms with Crippen LogP contribution >= 0.6 is 11.6 Å². The Labute approximate surface area is 70.2 Å². The summed E-state index contributed by atoms with van der Waals surface area (Å²) in [4.78, 5) is 3.80. The lowest BCUT2D eigenvalue weighted by Gasteiger charge is -2.02. The lowest BCUT2D eigenvalue weighted by atomic mass is 10.3. The second-order valence-electron chi connectivity index (χ2n) is 1.82. The molecule has 1 heterocycles. The van der Waals surface area contributed by atoms with E-state index in [2.05, 4.69) is 10.9 Å². The maximum Gasteiger partial charge on any atom is 0.148 e. The monoisotopic (exact) mass is 167 g/mol. The predicted octanol–water partition coefficient (Wildman–Crippen LogP) is 1.72. The third kappa shape index (κ3) is 1.44. The van der Waals surface area contributed by atoms with E-state index < -0.39 is 0 Å². The van der Waals surface area contributed by atoms with Crippen molar-refractivity contribution in [1.82, 2.24) is 4.98 Å². The highest BCUT2D eigenvalue weighted by molar-refractivity contribution is 6.30. The van der Waals surface area contributed by atoms with Crippen molar-refractivity contribution < 1.29 is 4.74 Å². The Balaban J connectivity index is 3.27. The zero-order chi connectivity index (χ0) is 8.27. The fourth-order valence-corrected chi connectivity index (χ4v) is 0.925. The molecule has 0 amide bonds. The maximum atomic E-state index is 5.67. The lowest BCUT2D eigenvalue weighted by molar-refractivity contribution is 0.413. The van der Waals surface area contributed by atoms with Crippen molar-refractivity contribution in [2.45, 2.75) is 0 Å². The van der Waals surface area contributed by atoms with Crippen LogP contribution in [0.4, 0.5) is 0 Å². The molecule has 11 heavy (non-hydrogen) atoms. The van der Waals surface area contributed by atoms with Gasteiger partial charge >= 0.3 is 0 Å². The molecule has 0 N–H and O–H groups in total. The van der Waals surface area contributed by atoms with Gasteiger partial charge in [0, 0.05) is 6.20 Å². The average Bonchev–Trinajstić information content (AvgIpc) is 2.04. The van der Waals surface area contributed by atoms with Gasteiger partial charge < -0.3 is 4.74 Å². The Kier molecular flexibility index (Phi) is 2.35. The van der Waals surface area contributed by atoms with Crippen LogP contribution in [0, 0.1) is 12.3 Å². The highest BCUT2D eigenvalue weighted by atomic mass is 35.5. The first-order valence-electron chi connectivity index (χ1n) is 2.94. The van der Waals surface area contributed by atoms with Crippen molar-refractivity contribution >= 4 is 11.6 Å². The first-order chi connectivity index (χ1) is 5.29. The molecule has 3 heteroatoms. The number of ether oxygens (including phenoxy) is 1. The van der Waals surface area contributed by atoms with E-state index in [1.807, 2.05) is 0 Å². The number of rotatable bonds is 1. The van der Waals surface area contributed by atoms with Crippen LogP contribution in [0.1, 0.15) is 5.56 Å². The summed E-state index contributed by atoms with van der Waals surface area (Å²) < 4.78 is 4.95. The fraction of sp³-hybridized carbons (Fsp3) is 0.125. The largest absolute Gasteiger partial charge is 0.495 e. The summed E-state index contributed by atoms with van der Waals surface area (Å²) in [5.74, 6) is 2.97. The van der Waals surface area contributed by atoms with Crippen LogP contribution in [-0.4, -0.2) is 12.1 Å². The van der Waals surface area contributed by atoms with E-state index in [1.165, 1.54) is 7.11 Å². The molecule has 0 aromatic carbocycles. The van der Waals surface area contributed by atoms with Gasteiger partial charge in [-0.3, -0.25) is 0 Å². The number of pyridine rings is 1. The summed E-state index contributed by atoms with van der Waals surface area (Å²) in [5.41, 5.74) is 0.497. The highest BCUT2D eigenvalue weighted by Gasteiger charge is 2.03. The molecular weight excluding hydrogens is 162 g/mol. The Morgan fingerprint density at radius 2 is 2.45 bits per heavy atom. The smallest absolute Gasteiger partial charge is 0.148 e. The third-order valence-electron chi connectivity index (χ3n) is 1.23. The number of aromatic nitrogens is 1. The van der Waals surface area contributed by atoms with Crippen molar-refractivity contribution in [1.29, 1.82) is 0 Å². The highest BCUT2D eigenvalue weighted by Crippen LogP contribution is 2.22. The first kappa shape index (κ1) is 7.90. The first-order valence-corrected chi connectivity index (χ1v) is 3.32. The van der Waals surface area contributed by atoms with Gasteiger partial charge in [-0.15, -0.1) is 6.42 Å².